The molecule has 2 aromatic carbocycles. The molecule has 18 heavy (non-hydrogen) atoms. The van der Waals surface area contributed by atoms with Crippen LogP contribution < -0.4 is 5.73 Å². The van der Waals surface area contributed by atoms with E-state index in [4.69, 9.17) is 28.9 Å². The first-order valence-electron chi connectivity index (χ1n) is 5.40. The van der Waals surface area contributed by atoms with Crippen molar-refractivity contribution in [2.24, 2.45) is 5.73 Å². The zero-order valence-corrected chi connectivity index (χ0v) is 12.0. The molecule has 0 spiro atoms. The number of rotatable bonds is 3. The number of benzene rings is 2. The Morgan fingerprint density at radius 3 is 1.78 bits per heavy atom. The van der Waals surface area contributed by atoms with Crippen molar-refractivity contribution in [3.05, 3.63) is 69.7 Å². The molecule has 0 aliphatic rings. The van der Waals surface area contributed by atoms with E-state index in [0.29, 0.717) is 0 Å². The minimum absolute atomic E-state index is 0. The Kier molecular flexibility index (Phi) is 5.97. The smallest absolute Gasteiger partial charge is 0.0406 e. The molecule has 0 heterocycles. The van der Waals surface area contributed by atoms with Gasteiger partial charge in [-0.05, 0) is 41.8 Å². The van der Waals surface area contributed by atoms with E-state index in [-0.39, 0.29) is 18.4 Å². The van der Waals surface area contributed by atoms with Crippen LogP contribution in [0.2, 0.25) is 10.0 Å². The first kappa shape index (κ1) is 15.3. The van der Waals surface area contributed by atoms with Gasteiger partial charge in [-0.3, -0.25) is 0 Å². The maximum Gasteiger partial charge on any atom is 0.0406 e. The molecule has 2 N–H and O–H groups in total. The van der Waals surface area contributed by atoms with E-state index in [1.54, 1.807) is 0 Å². The van der Waals surface area contributed by atoms with Gasteiger partial charge in [0.1, 0.15) is 0 Å². The Hall–Kier alpha value is -0.730. The van der Waals surface area contributed by atoms with Gasteiger partial charge in [0.25, 0.3) is 0 Å². The van der Waals surface area contributed by atoms with Crippen LogP contribution in [0.5, 0.6) is 0 Å². The van der Waals surface area contributed by atoms with Crippen LogP contribution in [-0.2, 0) is 6.42 Å². The first-order chi connectivity index (χ1) is 8.15. The average Bonchev–Trinajstić information content (AvgIpc) is 2.33. The topological polar surface area (TPSA) is 26.0 Å². The molecule has 0 aliphatic heterocycles. The van der Waals surface area contributed by atoms with E-state index in [1.807, 2.05) is 48.5 Å². The fraction of sp³-hybridized carbons (Fsp3) is 0.143. The maximum absolute atomic E-state index is 6.14. The van der Waals surface area contributed by atoms with Crippen molar-refractivity contribution in [2.75, 3.05) is 0 Å². The summed E-state index contributed by atoms with van der Waals surface area (Å²) in [7, 11) is 0. The quantitative estimate of drug-likeness (QED) is 0.877. The van der Waals surface area contributed by atoms with Crippen molar-refractivity contribution in [1.82, 2.24) is 0 Å². The average molecular weight is 303 g/mol. The fourth-order valence-electron chi connectivity index (χ4n) is 1.70. The molecule has 1 unspecified atom stereocenters. The highest BCUT2D eigenvalue weighted by Crippen LogP contribution is 2.19. The third-order valence-corrected chi connectivity index (χ3v) is 3.17. The van der Waals surface area contributed by atoms with Crippen LogP contribution in [-0.4, -0.2) is 0 Å². The van der Waals surface area contributed by atoms with Gasteiger partial charge in [0.2, 0.25) is 0 Å². The van der Waals surface area contributed by atoms with Crippen LogP contribution >= 0.6 is 35.6 Å². The third-order valence-electron chi connectivity index (χ3n) is 2.67. The SMILES string of the molecule is Cl.NC(Cc1ccc(Cl)cc1)c1ccc(Cl)cc1. The van der Waals surface area contributed by atoms with Crippen LogP contribution in [0.25, 0.3) is 0 Å². The minimum atomic E-state index is -0.0200. The van der Waals surface area contributed by atoms with Crippen LogP contribution in [0.15, 0.2) is 48.5 Å². The van der Waals surface area contributed by atoms with Gasteiger partial charge in [-0.2, -0.15) is 0 Å². The molecule has 0 amide bonds. The Morgan fingerprint density at radius 2 is 1.28 bits per heavy atom. The summed E-state index contributed by atoms with van der Waals surface area (Å²) >= 11 is 11.7. The highest BCUT2D eigenvalue weighted by Gasteiger charge is 2.06. The van der Waals surface area contributed by atoms with E-state index in [2.05, 4.69) is 0 Å². The molecule has 0 bridgehead atoms. The van der Waals surface area contributed by atoms with Crippen LogP contribution in [0.1, 0.15) is 17.2 Å². The van der Waals surface area contributed by atoms with E-state index in [0.717, 1.165) is 22.0 Å². The summed E-state index contributed by atoms with van der Waals surface area (Å²) in [4.78, 5) is 0. The summed E-state index contributed by atoms with van der Waals surface area (Å²) in [5.41, 5.74) is 8.40. The van der Waals surface area contributed by atoms with Gasteiger partial charge >= 0.3 is 0 Å². The molecule has 0 radical (unpaired) electrons. The summed E-state index contributed by atoms with van der Waals surface area (Å²) in [5.74, 6) is 0. The summed E-state index contributed by atoms with van der Waals surface area (Å²) in [6.45, 7) is 0. The second kappa shape index (κ2) is 7.01. The van der Waals surface area contributed by atoms with E-state index in [1.165, 1.54) is 5.56 Å². The molecule has 0 saturated heterocycles. The summed E-state index contributed by atoms with van der Waals surface area (Å²) in [6.07, 6.45) is 0.790. The zero-order chi connectivity index (χ0) is 12.3. The van der Waals surface area contributed by atoms with E-state index < -0.39 is 0 Å². The van der Waals surface area contributed by atoms with Gasteiger partial charge < -0.3 is 5.73 Å². The summed E-state index contributed by atoms with van der Waals surface area (Å²) < 4.78 is 0. The number of nitrogens with two attached hydrogens (primary N) is 1. The van der Waals surface area contributed by atoms with Crippen molar-refractivity contribution in [1.29, 1.82) is 0 Å². The van der Waals surface area contributed by atoms with Gasteiger partial charge in [0.05, 0.1) is 0 Å². The second-order valence-corrected chi connectivity index (χ2v) is 4.86. The highest BCUT2D eigenvalue weighted by atomic mass is 35.5. The van der Waals surface area contributed by atoms with Gasteiger partial charge in [-0.1, -0.05) is 47.5 Å². The molecule has 4 heteroatoms. The molecule has 0 aromatic heterocycles. The first-order valence-corrected chi connectivity index (χ1v) is 6.16. The van der Waals surface area contributed by atoms with Crippen molar-refractivity contribution >= 4 is 35.6 Å². The monoisotopic (exact) mass is 301 g/mol. The number of hydrogen-bond donors (Lipinski definition) is 1. The summed E-state index contributed by atoms with van der Waals surface area (Å²) in [6, 6.07) is 15.4. The third kappa shape index (κ3) is 4.18. The lowest BCUT2D eigenvalue weighted by Crippen LogP contribution is -2.13. The Balaban J connectivity index is 0.00000162. The molecular formula is C14H14Cl3N. The van der Waals surface area contributed by atoms with Crippen LogP contribution in [0.4, 0.5) is 0 Å². The van der Waals surface area contributed by atoms with Gasteiger partial charge in [-0.15, -0.1) is 12.4 Å². The van der Waals surface area contributed by atoms with Gasteiger partial charge in [-0.25, -0.2) is 0 Å². The summed E-state index contributed by atoms with van der Waals surface area (Å²) in [5, 5.41) is 1.47. The predicted molar refractivity (Wildman–Crippen MR) is 80.8 cm³/mol. The zero-order valence-electron chi connectivity index (χ0n) is 9.64. The normalized spacial score (nSPS) is 11.7. The molecular weight excluding hydrogens is 289 g/mol. The van der Waals surface area contributed by atoms with Gasteiger partial charge in [0.15, 0.2) is 0 Å². The van der Waals surface area contributed by atoms with E-state index >= 15 is 0 Å². The maximum atomic E-state index is 6.14. The van der Waals surface area contributed by atoms with Crippen molar-refractivity contribution in [3.8, 4) is 0 Å². The lowest BCUT2D eigenvalue weighted by molar-refractivity contribution is 0.722. The second-order valence-electron chi connectivity index (χ2n) is 3.99. The molecule has 0 saturated carbocycles. The molecule has 0 aliphatic carbocycles. The lowest BCUT2D eigenvalue weighted by Gasteiger charge is -2.12. The molecule has 2 rings (SSSR count). The largest absolute Gasteiger partial charge is 0.324 e. The molecule has 96 valence electrons. The van der Waals surface area contributed by atoms with Crippen LogP contribution in [0, 0.1) is 0 Å². The number of hydrogen-bond acceptors (Lipinski definition) is 1. The van der Waals surface area contributed by atoms with Crippen molar-refractivity contribution in [3.63, 3.8) is 0 Å². The predicted octanol–water partition coefficient (Wildman–Crippen LogP) is 4.66. The highest BCUT2D eigenvalue weighted by molar-refractivity contribution is 6.30. The van der Waals surface area contributed by atoms with Crippen LogP contribution in [0.3, 0.4) is 0 Å². The molecule has 0 fully saturated rings. The fourth-order valence-corrected chi connectivity index (χ4v) is 1.95. The van der Waals surface area contributed by atoms with Crippen molar-refractivity contribution < 1.29 is 0 Å². The Bertz CT molecular complexity index is 479. The molecule has 2 aromatic rings. The minimum Gasteiger partial charge on any atom is -0.324 e. The van der Waals surface area contributed by atoms with E-state index in [9.17, 15) is 0 Å². The Morgan fingerprint density at radius 1 is 0.833 bits per heavy atom. The standard InChI is InChI=1S/C14H13Cl2N.ClH/c15-12-5-1-10(2-6-12)9-14(17)11-3-7-13(16)8-4-11;/h1-8,14H,9,17H2;1H. The Labute approximate surface area is 123 Å². The molecule has 1 nitrogen and oxygen atoms in total. The van der Waals surface area contributed by atoms with Gasteiger partial charge in [0, 0.05) is 16.1 Å². The lowest BCUT2D eigenvalue weighted by atomic mass is 10.00. The number of halogens is 3. The van der Waals surface area contributed by atoms with Crippen molar-refractivity contribution in [2.45, 2.75) is 12.5 Å². The molecule has 1 atom stereocenters.